The molecule has 1 unspecified atom stereocenters. The molecule has 136 valence electrons. The van der Waals surface area contributed by atoms with Crippen molar-refractivity contribution >= 4 is 10.0 Å². The number of aromatic nitrogens is 3. The Balaban J connectivity index is 2.16. The maximum atomic E-state index is 13.6. The molecule has 0 bridgehead atoms. The van der Waals surface area contributed by atoms with Gasteiger partial charge in [0.25, 0.3) is 0 Å². The van der Waals surface area contributed by atoms with E-state index in [1.54, 1.807) is 0 Å². The Morgan fingerprint density at radius 2 is 1.68 bits per heavy atom. The monoisotopic (exact) mass is 364 g/mol. The molecule has 0 spiro atoms. The lowest BCUT2D eigenvalue weighted by Gasteiger charge is -2.34. The van der Waals surface area contributed by atoms with E-state index in [2.05, 4.69) is 15.2 Å². The SMILES string of the molecule is Cc1c(C)c(C)c(S(=O)(=O)N2CCOCC2c2ncn[nH]2)c(C)c1C. The molecule has 1 aromatic heterocycles. The molecular weight excluding hydrogens is 340 g/mol. The minimum absolute atomic E-state index is 0.260. The molecule has 0 amide bonds. The number of aromatic amines is 1. The second-order valence-corrected chi connectivity index (χ2v) is 8.36. The topological polar surface area (TPSA) is 88.2 Å². The maximum Gasteiger partial charge on any atom is 0.244 e. The second-order valence-electron chi connectivity index (χ2n) is 6.53. The fourth-order valence-corrected chi connectivity index (χ4v) is 5.56. The molecule has 2 aromatic rings. The van der Waals surface area contributed by atoms with Crippen LogP contribution in [0.2, 0.25) is 0 Å². The van der Waals surface area contributed by atoms with E-state index in [0.717, 1.165) is 27.8 Å². The van der Waals surface area contributed by atoms with Crippen LogP contribution in [0.15, 0.2) is 11.2 Å². The van der Waals surface area contributed by atoms with E-state index in [9.17, 15) is 8.42 Å². The molecule has 0 aliphatic carbocycles. The number of nitrogens with zero attached hydrogens (tertiary/aromatic N) is 3. The zero-order valence-electron chi connectivity index (χ0n) is 15.3. The molecule has 3 rings (SSSR count). The molecule has 0 radical (unpaired) electrons. The molecule has 1 saturated heterocycles. The standard InChI is InChI=1S/C17H24N4O3S/c1-10-11(2)13(4)16(14(5)12(10)3)25(22,23)21-6-7-24-8-15(21)17-18-9-19-20-17/h9,15H,6-8H2,1-5H3,(H,18,19,20). The first-order valence-corrected chi connectivity index (χ1v) is 9.72. The van der Waals surface area contributed by atoms with Crippen LogP contribution in [0, 0.1) is 34.6 Å². The molecule has 25 heavy (non-hydrogen) atoms. The number of benzene rings is 1. The summed E-state index contributed by atoms with van der Waals surface area (Å²) in [5, 5.41) is 6.62. The van der Waals surface area contributed by atoms with Crippen molar-refractivity contribution in [1.29, 1.82) is 0 Å². The first-order valence-electron chi connectivity index (χ1n) is 8.28. The molecule has 2 heterocycles. The van der Waals surface area contributed by atoms with Gasteiger partial charge in [0.05, 0.1) is 18.1 Å². The summed E-state index contributed by atoms with van der Waals surface area (Å²) in [6.45, 7) is 10.7. The molecule has 1 aliphatic heterocycles. The fourth-order valence-electron chi connectivity index (χ4n) is 3.44. The third-order valence-corrected chi connectivity index (χ3v) is 7.51. The predicted molar refractivity (Wildman–Crippen MR) is 94.0 cm³/mol. The molecule has 8 heteroatoms. The minimum Gasteiger partial charge on any atom is -0.378 e. The van der Waals surface area contributed by atoms with E-state index < -0.39 is 16.1 Å². The third-order valence-electron chi connectivity index (χ3n) is 5.33. The summed E-state index contributed by atoms with van der Waals surface area (Å²) < 4.78 is 34.1. The molecule has 1 N–H and O–H groups in total. The van der Waals surface area contributed by atoms with Crippen molar-refractivity contribution < 1.29 is 13.2 Å². The fraction of sp³-hybridized carbons (Fsp3) is 0.529. The zero-order valence-corrected chi connectivity index (χ0v) is 16.1. The Kier molecular flexibility index (Phi) is 4.70. The molecule has 1 fully saturated rings. The molecular formula is C17H24N4O3S. The minimum atomic E-state index is -3.69. The maximum absolute atomic E-state index is 13.6. The lowest BCUT2D eigenvalue weighted by Crippen LogP contribution is -2.44. The first kappa shape index (κ1) is 18.0. The lowest BCUT2D eigenvalue weighted by atomic mass is 9.95. The van der Waals surface area contributed by atoms with Crippen LogP contribution in [0.4, 0.5) is 0 Å². The van der Waals surface area contributed by atoms with E-state index in [0.29, 0.717) is 23.9 Å². The molecule has 1 aliphatic rings. The van der Waals surface area contributed by atoms with Crippen molar-refractivity contribution in [2.45, 2.75) is 45.6 Å². The Morgan fingerprint density at radius 1 is 1.08 bits per heavy atom. The highest BCUT2D eigenvalue weighted by molar-refractivity contribution is 7.89. The van der Waals surface area contributed by atoms with Crippen molar-refractivity contribution in [3.05, 3.63) is 40.0 Å². The van der Waals surface area contributed by atoms with Crippen LogP contribution < -0.4 is 0 Å². The van der Waals surface area contributed by atoms with Crippen molar-refractivity contribution in [1.82, 2.24) is 19.5 Å². The van der Waals surface area contributed by atoms with Gasteiger partial charge in [-0.3, -0.25) is 5.10 Å². The molecule has 0 saturated carbocycles. The highest BCUT2D eigenvalue weighted by Gasteiger charge is 2.38. The molecule has 1 atom stereocenters. The van der Waals surface area contributed by atoms with Crippen molar-refractivity contribution in [2.75, 3.05) is 19.8 Å². The van der Waals surface area contributed by atoms with E-state index in [-0.39, 0.29) is 6.61 Å². The average molecular weight is 364 g/mol. The first-order chi connectivity index (χ1) is 11.8. The lowest BCUT2D eigenvalue weighted by molar-refractivity contribution is 0.0290. The summed E-state index contributed by atoms with van der Waals surface area (Å²) in [5.41, 5.74) is 4.80. The van der Waals surface area contributed by atoms with Crippen LogP contribution in [0.3, 0.4) is 0 Å². The molecule has 1 aromatic carbocycles. The Bertz CT molecular complexity index is 862. The van der Waals surface area contributed by atoms with E-state index in [1.807, 2.05) is 34.6 Å². The summed E-state index contributed by atoms with van der Waals surface area (Å²) in [7, 11) is -3.69. The number of rotatable bonds is 3. The summed E-state index contributed by atoms with van der Waals surface area (Å²) in [5.74, 6) is 0.499. The van der Waals surface area contributed by atoms with E-state index in [4.69, 9.17) is 4.74 Å². The summed E-state index contributed by atoms with van der Waals surface area (Å²) >= 11 is 0. The van der Waals surface area contributed by atoms with Crippen LogP contribution in [-0.4, -0.2) is 47.7 Å². The highest BCUT2D eigenvalue weighted by atomic mass is 32.2. The van der Waals surface area contributed by atoms with Crippen LogP contribution in [0.1, 0.15) is 39.7 Å². The summed E-state index contributed by atoms with van der Waals surface area (Å²) in [6.07, 6.45) is 1.38. The average Bonchev–Trinajstić information content (AvgIpc) is 3.12. The van der Waals surface area contributed by atoms with Gasteiger partial charge in [0.1, 0.15) is 18.2 Å². The number of hydrogen-bond donors (Lipinski definition) is 1. The third kappa shape index (κ3) is 2.88. The predicted octanol–water partition coefficient (Wildman–Crippen LogP) is 2.11. The smallest absolute Gasteiger partial charge is 0.244 e. The van der Waals surface area contributed by atoms with Crippen molar-refractivity contribution in [2.24, 2.45) is 0 Å². The summed E-state index contributed by atoms with van der Waals surface area (Å²) in [6, 6.07) is -0.498. The van der Waals surface area contributed by atoms with Crippen molar-refractivity contribution in [3.63, 3.8) is 0 Å². The van der Waals surface area contributed by atoms with Gasteiger partial charge in [0.15, 0.2) is 0 Å². The van der Waals surface area contributed by atoms with E-state index >= 15 is 0 Å². The highest BCUT2D eigenvalue weighted by Crippen LogP contribution is 2.35. The van der Waals surface area contributed by atoms with Gasteiger partial charge in [-0.2, -0.15) is 9.40 Å². The quantitative estimate of drug-likeness (QED) is 0.901. The van der Waals surface area contributed by atoms with Gasteiger partial charge >= 0.3 is 0 Å². The van der Waals surface area contributed by atoms with Gasteiger partial charge in [0.2, 0.25) is 10.0 Å². The van der Waals surface area contributed by atoms with Crippen LogP contribution in [-0.2, 0) is 14.8 Å². The van der Waals surface area contributed by atoms with Gasteiger partial charge in [-0.15, -0.1) is 0 Å². The van der Waals surface area contributed by atoms with E-state index in [1.165, 1.54) is 10.6 Å². The Hall–Kier alpha value is -1.77. The van der Waals surface area contributed by atoms with Gasteiger partial charge in [-0.25, -0.2) is 13.4 Å². The Labute approximate surface area is 148 Å². The number of morpholine rings is 1. The van der Waals surface area contributed by atoms with Crippen LogP contribution in [0.5, 0.6) is 0 Å². The number of H-pyrrole nitrogens is 1. The summed E-state index contributed by atoms with van der Waals surface area (Å²) in [4.78, 5) is 4.54. The van der Waals surface area contributed by atoms with Gasteiger partial charge in [-0.1, -0.05) is 0 Å². The van der Waals surface area contributed by atoms with Crippen LogP contribution >= 0.6 is 0 Å². The second kappa shape index (κ2) is 6.51. The normalized spacial score (nSPS) is 19.3. The van der Waals surface area contributed by atoms with Gasteiger partial charge < -0.3 is 4.74 Å². The number of sulfonamides is 1. The number of hydrogen-bond acceptors (Lipinski definition) is 5. The largest absolute Gasteiger partial charge is 0.378 e. The van der Waals surface area contributed by atoms with Crippen molar-refractivity contribution in [3.8, 4) is 0 Å². The zero-order chi connectivity index (χ0) is 18.4. The molecule has 7 nitrogen and oxygen atoms in total. The van der Waals surface area contributed by atoms with Gasteiger partial charge in [-0.05, 0) is 62.4 Å². The Morgan fingerprint density at radius 3 is 2.24 bits per heavy atom. The van der Waals surface area contributed by atoms with Crippen LogP contribution in [0.25, 0.3) is 0 Å². The van der Waals surface area contributed by atoms with Gasteiger partial charge in [0, 0.05) is 6.54 Å². The number of ether oxygens (including phenoxy) is 1. The number of nitrogens with one attached hydrogen (secondary N) is 1.